The fraction of sp³-hybridized carbons (Fsp3) is 0.143. The van der Waals surface area contributed by atoms with Crippen LogP contribution < -0.4 is 14.5 Å². The van der Waals surface area contributed by atoms with Gasteiger partial charge in [0, 0.05) is 22.0 Å². The van der Waals surface area contributed by atoms with Gasteiger partial charge < -0.3 is 9.30 Å². The number of aryl methyl sites for hydroxylation is 1. The fourth-order valence-electron chi connectivity index (χ4n) is 4.14. The highest BCUT2D eigenvalue weighted by Crippen LogP contribution is 2.32. The average molecular weight is 620 g/mol. The molecule has 40 heavy (non-hydrogen) atoms. The number of nitrogens with one attached hydrogen (secondary N) is 1. The van der Waals surface area contributed by atoms with Crippen LogP contribution in [0.3, 0.4) is 0 Å². The quantitative estimate of drug-likeness (QED) is 0.173. The van der Waals surface area contributed by atoms with Crippen molar-refractivity contribution in [2.24, 2.45) is 5.10 Å². The second kappa shape index (κ2) is 12.3. The predicted octanol–water partition coefficient (Wildman–Crippen LogP) is 6.41. The van der Waals surface area contributed by atoms with Gasteiger partial charge in [-0.05, 0) is 68.4 Å². The van der Waals surface area contributed by atoms with Gasteiger partial charge in [-0.25, -0.2) is 13.8 Å². The number of carbonyl (C=O) groups excluding carboxylic acids is 1. The van der Waals surface area contributed by atoms with Crippen LogP contribution in [0.1, 0.15) is 17.0 Å². The number of ether oxygens (including phenoxy) is 1. The molecule has 1 aromatic heterocycles. The zero-order valence-electron chi connectivity index (χ0n) is 21.7. The summed E-state index contributed by atoms with van der Waals surface area (Å²) < 4.78 is 35.1. The molecule has 8 nitrogen and oxygen atoms in total. The van der Waals surface area contributed by atoms with E-state index in [0.717, 1.165) is 26.9 Å². The van der Waals surface area contributed by atoms with E-state index in [4.69, 9.17) is 39.5 Å². The maximum absolute atomic E-state index is 13.5. The number of hydrazone groups is 1. The minimum Gasteiger partial charge on any atom is -0.495 e. The first-order valence-corrected chi connectivity index (χ1v) is 14.5. The minimum atomic E-state index is -4.11. The third kappa shape index (κ3) is 6.28. The lowest BCUT2D eigenvalue weighted by atomic mass is 10.2. The Balaban J connectivity index is 1.58. The number of carbonyl (C=O) groups is 1. The summed E-state index contributed by atoms with van der Waals surface area (Å²) in [7, 11) is -2.66. The Bertz CT molecular complexity index is 1690. The van der Waals surface area contributed by atoms with E-state index in [0.29, 0.717) is 15.8 Å². The van der Waals surface area contributed by atoms with Gasteiger partial charge in [0.15, 0.2) is 0 Å². The van der Waals surface area contributed by atoms with E-state index in [9.17, 15) is 13.2 Å². The number of anilines is 1. The Morgan fingerprint density at radius 3 is 2.38 bits per heavy atom. The molecule has 0 fully saturated rings. The van der Waals surface area contributed by atoms with Crippen LogP contribution in [0.5, 0.6) is 5.75 Å². The summed E-state index contributed by atoms with van der Waals surface area (Å²) in [5.41, 5.74) is 5.83. The van der Waals surface area contributed by atoms with Crippen molar-refractivity contribution in [3.05, 3.63) is 105 Å². The number of nitrogens with zero attached hydrogens (tertiary/aromatic N) is 3. The Morgan fingerprint density at radius 2 is 1.73 bits per heavy atom. The third-order valence-corrected chi connectivity index (χ3v) is 8.68. The van der Waals surface area contributed by atoms with Gasteiger partial charge in [0.05, 0.1) is 39.6 Å². The number of hydrogen-bond donors (Lipinski definition) is 1. The molecule has 0 saturated heterocycles. The van der Waals surface area contributed by atoms with E-state index in [1.54, 1.807) is 30.3 Å². The fourth-order valence-corrected chi connectivity index (χ4v) is 6.32. The summed E-state index contributed by atoms with van der Waals surface area (Å²) in [4.78, 5) is 13.0. The summed E-state index contributed by atoms with van der Waals surface area (Å²) in [5.74, 6) is -0.286. The number of rotatable bonds is 9. The number of sulfonamides is 1. The second-order valence-electron chi connectivity index (χ2n) is 8.69. The predicted molar refractivity (Wildman–Crippen MR) is 160 cm³/mol. The van der Waals surface area contributed by atoms with Crippen LogP contribution >= 0.6 is 34.8 Å². The van der Waals surface area contributed by atoms with Crippen LogP contribution in [-0.2, 0) is 14.8 Å². The normalized spacial score (nSPS) is 11.6. The first-order chi connectivity index (χ1) is 19.0. The van der Waals surface area contributed by atoms with Crippen molar-refractivity contribution in [3.8, 4) is 11.4 Å². The van der Waals surface area contributed by atoms with Crippen LogP contribution in [-0.4, -0.2) is 38.8 Å². The number of halogens is 3. The highest BCUT2D eigenvalue weighted by Gasteiger charge is 2.27. The molecule has 1 N–H and O–H groups in total. The maximum atomic E-state index is 13.5. The van der Waals surface area contributed by atoms with E-state index in [-0.39, 0.29) is 15.6 Å². The van der Waals surface area contributed by atoms with E-state index in [1.807, 2.05) is 30.5 Å². The molecule has 0 aliphatic rings. The summed E-state index contributed by atoms with van der Waals surface area (Å²) in [6, 6.07) is 19.4. The topological polar surface area (TPSA) is 93.0 Å². The molecule has 0 radical (unpaired) electrons. The molecule has 208 valence electrons. The summed E-state index contributed by atoms with van der Waals surface area (Å²) in [6.07, 6.45) is 1.49. The van der Waals surface area contributed by atoms with Crippen molar-refractivity contribution in [2.45, 2.75) is 18.7 Å². The van der Waals surface area contributed by atoms with Gasteiger partial charge >= 0.3 is 0 Å². The Labute approximate surface area is 247 Å². The van der Waals surface area contributed by atoms with Gasteiger partial charge in [0.2, 0.25) is 0 Å². The number of methoxy groups -OCH3 is 1. The van der Waals surface area contributed by atoms with Crippen LogP contribution in [0.4, 0.5) is 5.69 Å². The largest absolute Gasteiger partial charge is 0.495 e. The molecule has 0 aliphatic carbocycles. The molecule has 0 unspecified atom stereocenters. The lowest BCUT2D eigenvalue weighted by Gasteiger charge is -2.24. The van der Waals surface area contributed by atoms with Gasteiger partial charge in [0.1, 0.15) is 12.3 Å². The molecule has 12 heteroatoms. The van der Waals surface area contributed by atoms with Crippen molar-refractivity contribution >= 4 is 62.6 Å². The van der Waals surface area contributed by atoms with Crippen molar-refractivity contribution < 1.29 is 17.9 Å². The summed E-state index contributed by atoms with van der Waals surface area (Å²) in [5, 5.41) is 5.29. The van der Waals surface area contributed by atoms with Crippen molar-refractivity contribution in [3.63, 3.8) is 0 Å². The molecule has 0 saturated carbocycles. The van der Waals surface area contributed by atoms with Gasteiger partial charge in [-0.15, -0.1) is 0 Å². The van der Waals surface area contributed by atoms with E-state index < -0.39 is 22.5 Å². The first kappa shape index (κ1) is 29.5. The van der Waals surface area contributed by atoms with Crippen LogP contribution in [0.2, 0.25) is 15.1 Å². The number of hydrogen-bond acceptors (Lipinski definition) is 5. The summed E-state index contributed by atoms with van der Waals surface area (Å²) in [6.45, 7) is 3.26. The van der Waals surface area contributed by atoms with Crippen molar-refractivity contribution in [1.29, 1.82) is 0 Å². The SMILES string of the molecule is COc1ccc(N(CC(=O)N/N=C/c2cc(C)n(-c3ccc(Cl)cc3Cl)c2C)S(=O)(=O)c2ccccc2)cc1Cl. The van der Waals surface area contributed by atoms with Crippen LogP contribution in [0.25, 0.3) is 5.69 Å². The zero-order chi connectivity index (χ0) is 29.0. The maximum Gasteiger partial charge on any atom is 0.264 e. The highest BCUT2D eigenvalue weighted by atomic mass is 35.5. The Morgan fingerprint density at radius 1 is 1.00 bits per heavy atom. The second-order valence-corrected chi connectivity index (χ2v) is 11.8. The minimum absolute atomic E-state index is 0.0199. The van der Waals surface area contributed by atoms with Gasteiger partial charge in [-0.2, -0.15) is 5.10 Å². The van der Waals surface area contributed by atoms with E-state index in [2.05, 4.69) is 10.5 Å². The smallest absolute Gasteiger partial charge is 0.264 e. The molecule has 0 aliphatic heterocycles. The molecule has 1 heterocycles. The first-order valence-electron chi connectivity index (χ1n) is 11.9. The number of amides is 1. The third-order valence-electron chi connectivity index (χ3n) is 6.06. The van der Waals surface area contributed by atoms with E-state index in [1.165, 1.54) is 43.7 Å². The van der Waals surface area contributed by atoms with Crippen molar-refractivity contribution in [1.82, 2.24) is 9.99 Å². The standard InChI is InChI=1S/C28H25Cl3N4O4S/c1-18-13-20(19(2)35(18)26-11-9-21(29)14-24(26)30)16-32-33-28(36)17-34(22-10-12-27(39-3)25(31)15-22)40(37,38)23-7-5-4-6-8-23/h4-16H,17H2,1-3H3,(H,33,36)/b32-16+. The molecule has 1 amide bonds. The van der Waals surface area contributed by atoms with Crippen LogP contribution in [0.15, 0.2) is 82.8 Å². The molecular weight excluding hydrogens is 595 g/mol. The van der Waals surface area contributed by atoms with Crippen LogP contribution in [0, 0.1) is 13.8 Å². The highest BCUT2D eigenvalue weighted by molar-refractivity contribution is 7.92. The number of benzene rings is 3. The molecule has 0 spiro atoms. The monoisotopic (exact) mass is 618 g/mol. The molecular formula is C28H25Cl3N4O4S. The van der Waals surface area contributed by atoms with E-state index >= 15 is 0 Å². The lowest BCUT2D eigenvalue weighted by molar-refractivity contribution is -0.119. The number of aromatic nitrogens is 1. The zero-order valence-corrected chi connectivity index (χ0v) is 24.8. The molecule has 4 aromatic rings. The summed E-state index contributed by atoms with van der Waals surface area (Å²) >= 11 is 18.7. The van der Waals surface area contributed by atoms with Gasteiger partial charge in [-0.1, -0.05) is 53.0 Å². The Hall–Kier alpha value is -3.50. The molecule has 0 atom stereocenters. The Kier molecular flexibility index (Phi) is 9.10. The van der Waals surface area contributed by atoms with Crippen molar-refractivity contribution in [2.75, 3.05) is 18.0 Å². The lowest BCUT2D eigenvalue weighted by Crippen LogP contribution is -2.39. The average Bonchev–Trinajstić information content (AvgIpc) is 3.20. The molecule has 0 bridgehead atoms. The van der Waals surface area contributed by atoms with Gasteiger partial charge in [0.25, 0.3) is 15.9 Å². The van der Waals surface area contributed by atoms with Gasteiger partial charge in [-0.3, -0.25) is 9.10 Å². The molecule has 3 aromatic carbocycles. The molecule has 4 rings (SSSR count).